The van der Waals surface area contributed by atoms with E-state index in [1.807, 2.05) is 11.3 Å². The first-order valence-electron chi connectivity index (χ1n) is 9.46. The lowest BCUT2D eigenvalue weighted by atomic mass is 10.00. The van der Waals surface area contributed by atoms with E-state index in [9.17, 15) is 0 Å². The lowest BCUT2D eigenvalue weighted by Gasteiger charge is -2.13. The highest BCUT2D eigenvalue weighted by Gasteiger charge is 2.09. The maximum absolute atomic E-state index is 3.69. The van der Waals surface area contributed by atoms with Crippen LogP contribution in [0.1, 0.15) is 0 Å². The summed E-state index contributed by atoms with van der Waals surface area (Å²) < 4.78 is 2.67. The van der Waals surface area contributed by atoms with E-state index in [0.29, 0.717) is 0 Å². The van der Waals surface area contributed by atoms with Gasteiger partial charge in [-0.3, -0.25) is 0 Å². The van der Waals surface area contributed by atoms with E-state index in [-0.39, 0.29) is 0 Å². The fraction of sp³-hybridized carbons (Fsp3) is 0. The SMILES string of the molecule is c1ccc2c(c1)cc(Nc1ccc3sc4ccccc4c3c1)c1ccccc12. The number of thiophene rings is 1. The van der Waals surface area contributed by atoms with Crippen LogP contribution in [-0.4, -0.2) is 0 Å². The summed E-state index contributed by atoms with van der Waals surface area (Å²) in [6, 6.07) is 34.8. The summed E-state index contributed by atoms with van der Waals surface area (Å²) in [6.45, 7) is 0. The van der Waals surface area contributed by atoms with Gasteiger partial charge in [0.15, 0.2) is 0 Å². The molecule has 5 aromatic carbocycles. The Morgan fingerprint density at radius 3 is 2.07 bits per heavy atom. The number of anilines is 2. The summed E-state index contributed by atoms with van der Waals surface area (Å²) in [5.41, 5.74) is 2.27. The predicted molar refractivity (Wildman–Crippen MR) is 124 cm³/mol. The van der Waals surface area contributed by atoms with Crippen LogP contribution < -0.4 is 5.32 Å². The maximum atomic E-state index is 3.69. The Balaban J connectivity index is 1.55. The van der Waals surface area contributed by atoms with Gasteiger partial charge < -0.3 is 5.32 Å². The summed E-state index contributed by atoms with van der Waals surface area (Å²) in [5, 5.41) is 11.4. The predicted octanol–water partition coefficient (Wildman–Crippen LogP) is 8.10. The molecule has 0 saturated heterocycles. The lowest BCUT2D eigenvalue weighted by Crippen LogP contribution is -1.92. The molecular formula is C26H17NS. The average molecular weight is 375 g/mol. The van der Waals surface area contributed by atoms with Gasteiger partial charge in [-0.2, -0.15) is 0 Å². The highest BCUT2D eigenvalue weighted by Crippen LogP contribution is 2.37. The topological polar surface area (TPSA) is 12.0 Å². The number of rotatable bonds is 2. The zero-order valence-corrected chi connectivity index (χ0v) is 16.0. The minimum absolute atomic E-state index is 1.12. The van der Waals surface area contributed by atoms with Crippen molar-refractivity contribution < 1.29 is 0 Å². The molecule has 6 rings (SSSR count). The third kappa shape index (κ3) is 2.39. The van der Waals surface area contributed by atoms with E-state index in [1.54, 1.807) is 0 Å². The maximum Gasteiger partial charge on any atom is 0.0470 e. The summed E-state index contributed by atoms with van der Waals surface area (Å²) in [4.78, 5) is 0. The minimum atomic E-state index is 1.12. The Hall–Kier alpha value is -3.36. The monoisotopic (exact) mass is 375 g/mol. The van der Waals surface area contributed by atoms with Crippen molar-refractivity contribution in [1.82, 2.24) is 0 Å². The number of fused-ring (bicyclic) bond motifs is 6. The molecule has 1 aromatic heterocycles. The van der Waals surface area contributed by atoms with Crippen molar-refractivity contribution in [1.29, 1.82) is 0 Å². The fourth-order valence-corrected chi connectivity index (χ4v) is 5.20. The quantitative estimate of drug-likeness (QED) is 0.301. The minimum Gasteiger partial charge on any atom is -0.355 e. The average Bonchev–Trinajstić information content (AvgIpc) is 3.12. The molecule has 0 unspecified atom stereocenters. The van der Waals surface area contributed by atoms with Crippen molar-refractivity contribution in [3.8, 4) is 0 Å². The standard InChI is InChI=1S/C26H17NS/c1-2-8-19-17(7-1)15-24(21-10-4-3-9-20(19)21)27-18-13-14-26-23(16-18)22-11-5-6-12-25(22)28-26/h1-16,27H. The first-order valence-corrected chi connectivity index (χ1v) is 10.3. The van der Waals surface area contributed by atoms with Crippen molar-refractivity contribution in [2.75, 3.05) is 5.32 Å². The van der Waals surface area contributed by atoms with Gasteiger partial charge in [-0.05, 0) is 46.5 Å². The Morgan fingerprint density at radius 1 is 0.500 bits per heavy atom. The summed E-state index contributed by atoms with van der Waals surface area (Å²) in [7, 11) is 0. The van der Waals surface area contributed by atoms with Crippen molar-refractivity contribution in [3.05, 3.63) is 97.1 Å². The Labute approximate surface area is 166 Å². The molecule has 0 fully saturated rings. The van der Waals surface area contributed by atoms with Gasteiger partial charge >= 0.3 is 0 Å². The zero-order chi connectivity index (χ0) is 18.5. The van der Waals surface area contributed by atoms with Gasteiger partial charge in [-0.1, -0.05) is 66.7 Å². The molecule has 0 aliphatic heterocycles. The van der Waals surface area contributed by atoms with E-state index in [0.717, 1.165) is 11.4 Å². The van der Waals surface area contributed by atoms with Crippen molar-refractivity contribution >= 4 is 64.4 Å². The smallest absolute Gasteiger partial charge is 0.0470 e. The third-order valence-electron chi connectivity index (χ3n) is 5.42. The van der Waals surface area contributed by atoms with E-state index in [2.05, 4.69) is 102 Å². The number of nitrogens with one attached hydrogen (secondary N) is 1. The second-order valence-electron chi connectivity index (χ2n) is 7.13. The van der Waals surface area contributed by atoms with E-state index < -0.39 is 0 Å². The molecule has 2 heteroatoms. The fourth-order valence-electron chi connectivity index (χ4n) is 4.12. The van der Waals surface area contributed by atoms with Crippen LogP contribution in [0.4, 0.5) is 11.4 Å². The van der Waals surface area contributed by atoms with Gasteiger partial charge in [-0.15, -0.1) is 11.3 Å². The number of hydrogen-bond donors (Lipinski definition) is 1. The third-order valence-corrected chi connectivity index (χ3v) is 6.58. The molecule has 0 aliphatic carbocycles. The van der Waals surface area contributed by atoms with E-state index >= 15 is 0 Å². The van der Waals surface area contributed by atoms with Crippen LogP contribution in [0.25, 0.3) is 41.7 Å². The van der Waals surface area contributed by atoms with Gasteiger partial charge in [0.05, 0.1) is 0 Å². The van der Waals surface area contributed by atoms with Crippen molar-refractivity contribution in [2.45, 2.75) is 0 Å². The summed E-state index contributed by atoms with van der Waals surface area (Å²) >= 11 is 1.85. The molecule has 132 valence electrons. The molecular weight excluding hydrogens is 358 g/mol. The molecule has 0 aliphatic rings. The van der Waals surface area contributed by atoms with Gasteiger partial charge in [0, 0.05) is 36.9 Å². The van der Waals surface area contributed by atoms with Crippen LogP contribution in [0, 0.1) is 0 Å². The van der Waals surface area contributed by atoms with Gasteiger partial charge in [-0.25, -0.2) is 0 Å². The first kappa shape index (κ1) is 15.7. The highest BCUT2D eigenvalue weighted by atomic mass is 32.1. The largest absolute Gasteiger partial charge is 0.355 e. The van der Waals surface area contributed by atoms with Crippen LogP contribution in [-0.2, 0) is 0 Å². The van der Waals surface area contributed by atoms with Crippen LogP contribution in [0.3, 0.4) is 0 Å². The van der Waals surface area contributed by atoms with Gasteiger partial charge in [0.1, 0.15) is 0 Å². The molecule has 0 spiro atoms. The second-order valence-corrected chi connectivity index (χ2v) is 8.21. The van der Waals surface area contributed by atoms with E-state index in [4.69, 9.17) is 0 Å². The molecule has 0 atom stereocenters. The van der Waals surface area contributed by atoms with Crippen LogP contribution in [0.15, 0.2) is 97.1 Å². The van der Waals surface area contributed by atoms with Crippen molar-refractivity contribution in [3.63, 3.8) is 0 Å². The van der Waals surface area contributed by atoms with Crippen LogP contribution >= 0.6 is 11.3 Å². The molecule has 1 nitrogen and oxygen atoms in total. The molecule has 0 amide bonds. The van der Waals surface area contributed by atoms with Gasteiger partial charge in [0.25, 0.3) is 0 Å². The van der Waals surface area contributed by atoms with Crippen LogP contribution in [0.2, 0.25) is 0 Å². The Bertz CT molecular complexity index is 1490. The zero-order valence-electron chi connectivity index (χ0n) is 15.1. The number of benzene rings is 5. The Morgan fingerprint density at radius 2 is 1.18 bits per heavy atom. The lowest BCUT2D eigenvalue weighted by molar-refractivity contribution is 1.62. The highest BCUT2D eigenvalue weighted by molar-refractivity contribution is 7.25. The molecule has 1 N–H and O–H groups in total. The number of hydrogen-bond acceptors (Lipinski definition) is 2. The molecule has 28 heavy (non-hydrogen) atoms. The second kappa shape index (κ2) is 6.08. The van der Waals surface area contributed by atoms with Crippen LogP contribution in [0.5, 0.6) is 0 Å². The Kier molecular flexibility index (Phi) is 3.40. The van der Waals surface area contributed by atoms with Crippen molar-refractivity contribution in [2.24, 2.45) is 0 Å². The molecule has 0 radical (unpaired) electrons. The molecule has 6 aromatic rings. The molecule has 0 bridgehead atoms. The summed E-state index contributed by atoms with van der Waals surface area (Å²) in [5.74, 6) is 0. The molecule has 1 heterocycles. The molecule has 0 saturated carbocycles. The summed E-state index contributed by atoms with van der Waals surface area (Å²) in [6.07, 6.45) is 0. The normalized spacial score (nSPS) is 11.6. The first-order chi connectivity index (χ1) is 13.9. The van der Waals surface area contributed by atoms with E-state index in [1.165, 1.54) is 41.7 Å². The van der Waals surface area contributed by atoms with Gasteiger partial charge in [0.2, 0.25) is 0 Å².